The molecular formula is C32H37FO5. The molecule has 202 valence electrons. The number of hydrogen-bond acceptors (Lipinski definition) is 4. The van der Waals surface area contributed by atoms with Crippen LogP contribution in [0.25, 0.3) is 11.1 Å². The molecular weight excluding hydrogens is 483 g/mol. The summed E-state index contributed by atoms with van der Waals surface area (Å²) in [4.78, 5) is 11.4. The summed E-state index contributed by atoms with van der Waals surface area (Å²) in [5.41, 5.74) is 3.96. The van der Waals surface area contributed by atoms with Crippen LogP contribution in [0.3, 0.4) is 0 Å². The third-order valence-electron chi connectivity index (χ3n) is 7.46. The van der Waals surface area contributed by atoms with Crippen LogP contribution in [0.2, 0.25) is 0 Å². The van der Waals surface area contributed by atoms with Gasteiger partial charge in [-0.15, -0.1) is 0 Å². The van der Waals surface area contributed by atoms with Crippen LogP contribution >= 0.6 is 0 Å². The Labute approximate surface area is 224 Å². The van der Waals surface area contributed by atoms with E-state index in [9.17, 15) is 14.3 Å². The van der Waals surface area contributed by atoms with Crippen molar-refractivity contribution in [1.29, 1.82) is 0 Å². The number of ether oxygens (including phenoxy) is 3. The van der Waals surface area contributed by atoms with Gasteiger partial charge in [-0.2, -0.15) is 0 Å². The molecule has 1 N–H and O–H groups in total. The Morgan fingerprint density at radius 2 is 1.79 bits per heavy atom. The molecule has 4 rings (SSSR count). The maximum atomic E-state index is 14.9. The Balaban J connectivity index is 1.57. The summed E-state index contributed by atoms with van der Waals surface area (Å²) in [7, 11) is 3.26. The quantitative estimate of drug-likeness (QED) is 0.254. The van der Waals surface area contributed by atoms with Gasteiger partial charge in [0.05, 0.1) is 19.1 Å². The number of aliphatic carboxylic acids is 1. The fourth-order valence-corrected chi connectivity index (χ4v) is 4.83. The molecule has 0 aliphatic heterocycles. The molecule has 3 aromatic carbocycles. The molecule has 0 spiro atoms. The van der Waals surface area contributed by atoms with E-state index in [1.165, 1.54) is 6.07 Å². The van der Waals surface area contributed by atoms with Crippen LogP contribution in [0, 0.1) is 11.7 Å². The number of rotatable bonds is 13. The first-order valence-corrected chi connectivity index (χ1v) is 13.1. The molecule has 1 fully saturated rings. The highest BCUT2D eigenvalue weighted by Crippen LogP contribution is 2.44. The minimum absolute atomic E-state index is 0.0419. The second kappa shape index (κ2) is 12.0. The van der Waals surface area contributed by atoms with Gasteiger partial charge in [0.15, 0.2) is 0 Å². The fraction of sp³-hybridized carbons (Fsp3) is 0.406. The fourth-order valence-electron chi connectivity index (χ4n) is 4.83. The molecule has 5 nitrogen and oxygen atoms in total. The number of halogens is 1. The Morgan fingerprint density at radius 1 is 1.03 bits per heavy atom. The van der Waals surface area contributed by atoms with Crippen LogP contribution < -0.4 is 9.47 Å². The lowest BCUT2D eigenvalue weighted by molar-refractivity contribution is -0.137. The van der Waals surface area contributed by atoms with Crippen molar-refractivity contribution in [1.82, 2.24) is 0 Å². The molecule has 6 heteroatoms. The van der Waals surface area contributed by atoms with Crippen LogP contribution in [-0.2, 0) is 22.6 Å². The summed E-state index contributed by atoms with van der Waals surface area (Å²) in [6.07, 6.45) is 3.75. The average molecular weight is 521 g/mol. The Kier molecular flexibility index (Phi) is 8.72. The zero-order chi connectivity index (χ0) is 27.3. The van der Waals surface area contributed by atoms with Gasteiger partial charge in [0.2, 0.25) is 0 Å². The Hall–Kier alpha value is -3.38. The number of carboxylic acids is 1. The lowest BCUT2D eigenvalue weighted by Crippen LogP contribution is -2.23. The van der Waals surface area contributed by atoms with E-state index >= 15 is 0 Å². The van der Waals surface area contributed by atoms with Crippen molar-refractivity contribution in [3.8, 4) is 22.6 Å². The number of benzene rings is 3. The first-order chi connectivity index (χ1) is 18.2. The monoisotopic (exact) mass is 520 g/mol. The molecule has 0 aromatic heterocycles. The van der Waals surface area contributed by atoms with Gasteiger partial charge in [-0.1, -0.05) is 30.3 Å². The van der Waals surface area contributed by atoms with E-state index in [4.69, 9.17) is 14.2 Å². The van der Waals surface area contributed by atoms with Crippen molar-refractivity contribution in [2.75, 3.05) is 14.2 Å². The SMILES string of the molecule is COc1ccc(F)c(-c2ccc(OCc3cccc(C(CC(=O)O)C4CC4)c3)cc2CCC(C)(C)OC)c1. The van der Waals surface area contributed by atoms with Crippen molar-refractivity contribution >= 4 is 5.97 Å². The van der Waals surface area contributed by atoms with E-state index in [0.29, 0.717) is 36.0 Å². The first-order valence-electron chi connectivity index (χ1n) is 13.1. The summed E-state index contributed by atoms with van der Waals surface area (Å²) >= 11 is 0. The van der Waals surface area contributed by atoms with Gasteiger partial charge in [-0.05, 0) is 104 Å². The lowest BCUT2D eigenvalue weighted by atomic mass is 9.90. The summed E-state index contributed by atoms with van der Waals surface area (Å²) in [5.74, 6) is 0.704. The topological polar surface area (TPSA) is 65.0 Å². The molecule has 1 aliphatic rings. The van der Waals surface area contributed by atoms with Crippen molar-refractivity contribution in [2.24, 2.45) is 5.92 Å². The van der Waals surface area contributed by atoms with Gasteiger partial charge in [0.1, 0.15) is 23.9 Å². The zero-order valence-corrected chi connectivity index (χ0v) is 22.6. The van der Waals surface area contributed by atoms with Crippen molar-refractivity contribution in [3.63, 3.8) is 0 Å². The van der Waals surface area contributed by atoms with Crippen molar-refractivity contribution < 1.29 is 28.5 Å². The van der Waals surface area contributed by atoms with Gasteiger partial charge in [-0.25, -0.2) is 4.39 Å². The maximum Gasteiger partial charge on any atom is 0.303 e. The van der Waals surface area contributed by atoms with E-state index in [0.717, 1.165) is 41.5 Å². The van der Waals surface area contributed by atoms with Crippen LogP contribution in [0.5, 0.6) is 11.5 Å². The summed E-state index contributed by atoms with van der Waals surface area (Å²) in [5, 5.41) is 9.37. The highest BCUT2D eigenvalue weighted by atomic mass is 19.1. The minimum Gasteiger partial charge on any atom is -0.497 e. The van der Waals surface area contributed by atoms with E-state index in [1.54, 1.807) is 26.4 Å². The molecule has 0 saturated heterocycles. The molecule has 0 heterocycles. The molecule has 0 amide bonds. The maximum absolute atomic E-state index is 14.9. The molecule has 1 atom stereocenters. The summed E-state index contributed by atoms with van der Waals surface area (Å²) in [6.45, 7) is 4.42. The molecule has 1 unspecified atom stereocenters. The molecule has 1 aliphatic carbocycles. The number of aryl methyl sites for hydroxylation is 1. The van der Waals surface area contributed by atoms with E-state index in [1.807, 2.05) is 50.2 Å². The number of carboxylic acid groups (broad SMARTS) is 1. The van der Waals surface area contributed by atoms with Crippen LogP contribution in [-0.4, -0.2) is 30.9 Å². The number of hydrogen-bond donors (Lipinski definition) is 1. The molecule has 1 saturated carbocycles. The van der Waals surface area contributed by atoms with Crippen molar-refractivity contribution in [3.05, 3.63) is 83.2 Å². The standard InChI is InChI=1S/C32H37FO5/c1-32(2,37-4)15-14-24-17-26(10-12-27(24)29-18-25(36-3)11-13-30(29)33)38-20-21-6-5-7-23(16-21)28(19-31(34)35)22-8-9-22/h5-7,10-13,16-18,22,28H,8-9,14-15,19-20H2,1-4H3,(H,34,35). The predicted molar refractivity (Wildman–Crippen MR) is 146 cm³/mol. The van der Waals surface area contributed by atoms with Crippen LogP contribution in [0.4, 0.5) is 4.39 Å². The normalized spacial score (nSPS) is 14.2. The van der Waals surface area contributed by atoms with Crippen LogP contribution in [0.15, 0.2) is 60.7 Å². The van der Waals surface area contributed by atoms with Crippen LogP contribution in [0.1, 0.15) is 62.1 Å². The molecule has 0 bridgehead atoms. The molecule has 3 aromatic rings. The average Bonchev–Trinajstić information content (AvgIpc) is 3.75. The Bertz CT molecular complexity index is 1260. The summed E-state index contributed by atoms with van der Waals surface area (Å²) in [6, 6.07) is 18.5. The van der Waals surface area contributed by atoms with Gasteiger partial charge < -0.3 is 19.3 Å². The van der Waals surface area contributed by atoms with Gasteiger partial charge in [0, 0.05) is 12.7 Å². The highest BCUT2D eigenvalue weighted by Gasteiger charge is 2.33. The molecule has 38 heavy (non-hydrogen) atoms. The minimum atomic E-state index is -0.764. The molecule has 0 radical (unpaired) electrons. The predicted octanol–water partition coefficient (Wildman–Crippen LogP) is 7.41. The van der Waals surface area contributed by atoms with Crippen molar-refractivity contribution in [2.45, 2.75) is 64.1 Å². The van der Waals surface area contributed by atoms with E-state index in [2.05, 4.69) is 6.07 Å². The third-order valence-corrected chi connectivity index (χ3v) is 7.46. The number of carbonyl (C=O) groups is 1. The summed E-state index contributed by atoms with van der Waals surface area (Å²) < 4.78 is 32.0. The van der Waals surface area contributed by atoms with Gasteiger partial charge >= 0.3 is 5.97 Å². The second-order valence-electron chi connectivity index (χ2n) is 10.7. The Morgan fingerprint density at radius 3 is 2.47 bits per heavy atom. The largest absolute Gasteiger partial charge is 0.497 e. The smallest absolute Gasteiger partial charge is 0.303 e. The van der Waals surface area contributed by atoms with Gasteiger partial charge in [-0.3, -0.25) is 4.79 Å². The third kappa shape index (κ3) is 7.13. The highest BCUT2D eigenvalue weighted by molar-refractivity contribution is 5.70. The second-order valence-corrected chi connectivity index (χ2v) is 10.7. The zero-order valence-electron chi connectivity index (χ0n) is 22.6. The van der Waals surface area contributed by atoms with Gasteiger partial charge in [0.25, 0.3) is 0 Å². The first kappa shape index (κ1) is 27.6. The van der Waals surface area contributed by atoms with E-state index < -0.39 is 5.97 Å². The lowest BCUT2D eigenvalue weighted by Gasteiger charge is -2.24. The number of methoxy groups -OCH3 is 2. The van der Waals surface area contributed by atoms with E-state index in [-0.39, 0.29) is 23.8 Å².